The second kappa shape index (κ2) is 8.72. The van der Waals surface area contributed by atoms with Gasteiger partial charge in [0.1, 0.15) is 11.4 Å². The molecule has 10 nitrogen and oxygen atoms in total. The number of nitrogens with one attached hydrogen (secondary N) is 2. The van der Waals surface area contributed by atoms with E-state index in [4.69, 9.17) is 14.7 Å². The molecule has 34 heavy (non-hydrogen) atoms. The van der Waals surface area contributed by atoms with Crippen LogP contribution in [0.3, 0.4) is 0 Å². The van der Waals surface area contributed by atoms with Gasteiger partial charge in [0.15, 0.2) is 5.82 Å². The summed E-state index contributed by atoms with van der Waals surface area (Å²) in [6.07, 6.45) is 3.08. The van der Waals surface area contributed by atoms with Crippen LogP contribution in [-0.4, -0.2) is 86.0 Å². The maximum atomic E-state index is 12.6. The average Bonchev–Trinajstić information content (AvgIpc) is 3.16. The van der Waals surface area contributed by atoms with E-state index in [1.165, 1.54) is 0 Å². The molecule has 4 aliphatic heterocycles. The first-order chi connectivity index (χ1) is 16.1. The number of hydrogen-bond donors (Lipinski definition) is 2. The Morgan fingerprint density at radius 1 is 1.06 bits per heavy atom. The number of carbonyl (C=O) groups is 1. The molecule has 4 aliphatic rings. The predicted octanol–water partition coefficient (Wildman–Crippen LogP) is 3.22. The van der Waals surface area contributed by atoms with E-state index in [1.807, 2.05) is 51.7 Å². The Morgan fingerprint density at radius 2 is 1.76 bits per heavy atom. The second-order valence-corrected chi connectivity index (χ2v) is 10.9. The Hall–Kier alpha value is -2.88. The van der Waals surface area contributed by atoms with Gasteiger partial charge in [-0.1, -0.05) is 0 Å². The molecule has 0 spiro atoms. The van der Waals surface area contributed by atoms with Crippen LogP contribution >= 0.6 is 0 Å². The number of rotatable bonds is 4. The summed E-state index contributed by atoms with van der Waals surface area (Å²) >= 11 is 0. The highest BCUT2D eigenvalue weighted by molar-refractivity contribution is 5.70. The number of carbonyl (C=O) groups excluding carboxylic acids is 1. The van der Waals surface area contributed by atoms with Gasteiger partial charge in [-0.05, 0) is 53.9 Å². The van der Waals surface area contributed by atoms with E-state index in [9.17, 15) is 4.79 Å². The van der Waals surface area contributed by atoms with E-state index in [0.717, 1.165) is 74.4 Å². The van der Waals surface area contributed by atoms with E-state index in [2.05, 4.69) is 25.3 Å². The number of piperazine rings is 1. The van der Waals surface area contributed by atoms with Crippen molar-refractivity contribution in [2.75, 3.05) is 36.4 Å². The molecular formula is C24H36N8O2. The number of amides is 1. The molecule has 2 bridgehead atoms. The Labute approximate surface area is 201 Å². The standard InChI is InChI=1S/C24H36N8O2/c1-15-10-20(26-21-11-16(2)28-29-21)27-22(25-15)30-8-6-17(7-9-30)31-13-18-12-19(14-31)32(18)23(33)34-24(3,4)5/h10-11,17-19H,6-9,12-14H2,1-5H3,(H2,25,26,27,28,29). The van der Waals surface area contributed by atoms with Gasteiger partial charge in [0.05, 0.1) is 12.1 Å². The molecule has 2 atom stereocenters. The SMILES string of the molecule is Cc1cc(Nc2cc(C)[nH]n2)nc(N2CCC(N3CC4CC(C3)N4C(=O)OC(C)(C)C)CC2)n1. The molecule has 0 radical (unpaired) electrons. The van der Waals surface area contributed by atoms with Crippen molar-refractivity contribution in [1.82, 2.24) is 30.0 Å². The first kappa shape index (κ1) is 22.9. The zero-order valence-electron chi connectivity index (χ0n) is 20.8. The number of hydrogen-bond acceptors (Lipinski definition) is 8. The van der Waals surface area contributed by atoms with Gasteiger partial charge in [-0.2, -0.15) is 10.1 Å². The summed E-state index contributed by atoms with van der Waals surface area (Å²) in [6, 6.07) is 5.00. The monoisotopic (exact) mass is 468 g/mol. The van der Waals surface area contributed by atoms with Crippen LogP contribution in [0.15, 0.2) is 12.1 Å². The summed E-state index contributed by atoms with van der Waals surface area (Å²) in [5.74, 6) is 2.28. The number of nitrogens with zero attached hydrogens (tertiary/aromatic N) is 6. The van der Waals surface area contributed by atoms with Crippen LogP contribution in [0.1, 0.15) is 51.4 Å². The van der Waals surface area contributed by atoms with Crippen molar-refractivity contribution in [3.05, 3.63) is 23.5 Å². The summed E-state index contributed by atoms with van der Waals surface area (Å²) in [7, 11) is 0. The lowest BCUT2D eigenvalue weighted by Crippen LogP contribution is -2.72. The molecule has 6 rings (SSSR count). The van der Waals surface area contributed by atoms with Crippen LogP contribution in [-0.2, 0) is 4.74 Å². The first-order valence-corrected chi connectivity index (χ1v) is 12.3. The van der Waals surface area contributed by atoms with Crippen molar-refractivity contribution < 1.29 is 9.53 Å². The molecule has 0 saturated carbocycles. The maximum absolute atomic E-state index is 12.6. The highest BCUT2D eigenvalue weighted by atomic mass is 16.6. The molecule has 2 N–H and O–H groups in total. The Bertz CT molecular complexity index is 1030. The molecule has 184 valence electrons. The van der Waals surface area contributed by atoms with Crippen LogP contribution in [0.25, 0.3) is 0 Å². The van der Waals surface area contributed by atoms with Gasteiger partial charge in [-0.25, -0.2) is 9.78 Å². The number of anilines is 3. The fourth-order valence-electron chi connectivity index (χ4n) is 5.36. The smallest absolute Gasteiger partial charge is 0.410 e. The van der Waals surface area contributed by atoms with E-state index in [-0.39, 0.29) is 18.2 Å². The largest absolute Gasteiger partial charge is 0.444 e. The minimum absolute atomic E-state index is 0.158. The molecule has 0 aromatic carbocycles. The van der Waals surface area contributed by atoms with Gasteiger partial charge in [0.25, 0.3) is 0 Å². The molecule has 6 heterocycles. The summed E-state index contributed by atoms with van der Waals surface area (Å²) < 4.78 is 5.62. The fraction of sp³-hybridized carbons (Fsp3) is 0.667. The van der Waals surface area contributed by atoms with Crippen molar-refractivity contribution in [3.8, 4) is 0 Å². The van der Waals surface area contributed by atoms with Crippen molar-refractivity contribution in [2.24, 2.45) is 0 Å². The summed E-state index contributed by atoms with van der Waals surface area (Å²) in [6.45, 7) is 13.5. The lowest BCUT2D eigenvalue weighted by atomic mass is 9.86. The summed E-state index contributed by atoms with van der Waals surface area (Å²) in [5.41, 5.74) is 1.48. The number of aromatic nitrogens is 4. The van der Waals surface area contributed by atoms with Gasteiger partial charge in [-0.3, -0.25) is 14.9 Å². The van der Waals surface area contributed by atoms with Gasteiger partial charge in [0.2, 0.25) is 5.95 Å². The second-order valence-electron chi connectivity index (χ2n) is 10.9. The first-order valence-electron chi connectivity index (χ1n) is 12.3. The molecule has 0 aliphatic carbocycles. The van der Waals surface area contributed by atoms with Crippen LogP contribution < -0.4 is 10.2 Å². The van der Waals surface area contributed by atoms with Crippen LogP contribution in [0.4, 0.5) is 22.4 Å². The number of fused-ring (bicyclic) bond motifs is 2. The number of aryl methyl sites for hydroxylation is 2. The minimum atomic E-state index is -0.447. The van der Waals surface area contributed by atoms with Gasteiger partial charge >= 0.3 is 6.09 Å². The van der Waals surface area contributed by atoms with Crippen LogP contribution in [0, 0.1) is 13.8 Å². The molecule has 10 heteroatoms. The highest BCUT2D eigenvalue weighted by Crippen LogP contribution is 2.36. The Kier molecular flexibility index (Phi) is 5.87. The van der Waals surface area contributed by atoms with Gasteiger partial charge in [0, 0.05) is 55.7 Å². The normalized spacial score (nSPS) is 23.6. The fourth-order valence-corrected chi connectivity index (χ4v) is 5.36. The summed E-state index contributed by atoms with van der Waals surface area (Å²) in [5, 5.41) is 10.5. The lowest BCUT2D eigenvalue weighted by Gasteiger charge is -2.57. The van der Waals surface area contributed by atoms with Crippen molar-refractivity contribution in [3.63, 3.8) is 0 Å². The van der Waals surface area contributed by atoms with E-state index in [0.29, 0.717) is 6.04 Å². The minimum Gasteiger partial charge on any atom is -0.444 e. The van der Waals surface area contributed by atoms with Gasteiger partial charge < -0.3 is 15.0 Å². The molecule has 4 saturated heterocycles. The molecule has 2 unspecified atom stereocenters. The van der Waals surface area contributed by atoms with Gasteiger partial charge in [-0.15, -0.1) is 0 Å². The third-order valence-electron chi connectivity index (χ3n) is 6.89. The Morgan fingerprint density at radius 3 is 2.38 bits per heavy atom. The van der Waals surface area contributed by atoms with Crippen molar-refractivity contribution in [1.29, 1.82) is 0 Å². The van der Waals surface area contributed by atoms with E-state index >= 15 is 0 Å². The zero-order chi connectivity index (χ0) is 24.0. The van der Waals surface area contributed by atoms with Crippen LogP contribution in [0.2, 0.25) is 0 Å². The zero-order valence-corrected chi connectivity index (χ0v) is 20.8. The highest BCUT2D eigenvalue weighted by Gasteiger charge is 2.50. The molecule has 4 fully saturated rings. The van der Waals surface area contributed by atoms with Crippen LogP contribution in [0.5, 0.6) is 0 Å². The van der Waals surface area contributed by atoms with E-state index < -0.39 is 5.60 Å². The number of H-pyrrole nitrogens is 1. The number of ether oxygens (including phenoxy) is 1. The Balaban J connectivity index is 1.16. The van der Waals surface area contributed by atoms with Crippen molar-refractivity contribution >= 4 is 23.7 Å². The lowest BCUT2D eigenvalue weighted by molar-refractivity contribution is -0.0875. The maximum Gasteiger partial charge on any atom is 0.410 e. The molecule has 1 amide bonds. The molecular weight excluding hydrogens is 432 g/mol. The number of aromatic amines is 1. The van der Waals surface area contributed by atoms with E-state index in [1.54, 1.807) is 0 Å². The topological polar surface area (TPSA) is 103 Å². The summed E-state index contributed by atoms with van der Waals surface area (Å²) in [4.78, 5) is 28.8. The average molecular weight is 469 g/mol. The third-order valence-corrected chi connectivity index (χ3v) is 6.89. The number of piperidine rings is 2. The predicted molar refractivity (Wildman–Crippen MR) is 130 cm³/mol. The molecule has 2 aromatic rings. The quantitative estimate of drug-likeness (QED) is 0.705. The molecule has 2 aromatic heterocycles. The van der Waals surface area contributed by atoms with Crippen molar-refractivity contribution in [2.45, 2.75) is 77.6 Å². The third kappa shape index (κ3) is 4.82.